The third-order valence-electron chi connectivity index (χ3n) is 2.47. The summed E-state index contributed by atoms with van der Waals surface area (Å²) in [6, 6.07) is 2.86. The van der Waals surface area contributed by atoms with Gasteiger partial charge in [-0.2, -0.15) is 0 Å². The van der Waals surface area contributed by atoms with E-state index in [2.05, 4.69) is 31.2 Å². The second kappa shape index (κ2) is 6.21. The van der Waals surface area contributed by atoms with E-state index in [1.165, 1.54) is 6.07 Å². The number of hydrogen-bond donors (Lipinski definition) is 1. The van der Waals surface area contributed by atoms with Crippen molar-refractivity contribution in [2.24, 2.45) is 0 Å². The summed E-state index contributed by atoms with van der Waals surface area (Å²) < 4.78 is 40.3. The molecule has 2 aromatic rings. The number of benzene rings is 1. The minimum Gasteiger partial charge on any atom is -0.338 e. The maximum atomic E-state index is 13.6. The van der Waals surface area contributed by atoms with Crippen LogP contribution in [0.2, 0.25) is 0 Å². The van der Waals surface area contributed by atoms with Gasteiger partial charge in [-0.05, 0) is 22.4 Å². The Morgan fingerprint density at radius 2 is 1.90 bits per heavy atom. The first-order chi connectivity index (χ1) is 9.49. The van der Waals surface area contributed by atoms with Gasteiger partial charge in [0.05, 0.1) is 5.69 Å². The molecule has 0 fully saturated rings. The topological polar surface area (TPSA) is 37.8 Å². The van der Waals surface area contributed by atoms with E-state index in [0.29, 0.717) is 22.9 Å². The third kappa shape index (κ3) is 3.47. The Morgan fingerprint density at radius 3 is 2.60 bits per heavy atom. The summed E-state index contributed by atoms with van der Waals surface area (Å²) in [5, 5.41) is 2.56. The van der Waals surface area contributed by atoms with Crippen molar-refractivity contribution in [2.45, 2.75) is 19.8 Å². The van der Waals surface area contributed by atoms with Gasteiger partial charge in [0, 0.05) is 24.6 Å². The number of nitrogens with zero attached hydrogens (tertiary/aromatic N) is 2. The maximum Gasteiger partial charge on any atom is 0.182 e. The number of aryl methyl sites for hydroxylation is 1. The highest BCUT2D eigenvalue weighted by Gasteiger charge is 2.12. The molecule has 20 heavy (non-hydrogen) atoms. The molecule has 0 bridgehead atoms. The van der Waals surface area contributed by atoms with Crippen molar-refractivity contribution in [1.82, 2.24) is 9.97 Å². The van der Waals surface area contributed by atoms with Crippen molar-refractivity contribution in [1.29, 1.82) is 0 Å². The zero-order valence-corrected chi connectivity index (χ0v) is 12.1. The van der Waals surface area contributed by atoms with Crippen LogP contribution >= 0.6 is 15.9 Å². The quantitative estimate of drug-likeness (QED) is 0.661. The van der Waals surface area contributed by atoms with Crippen molar-refractivity contribution < 1.29 is 13.2 Å². The molecule has 3 nitrogen and oxygen atoms in total. The van der Waals surface area contributed by atoms with E-state index in [1.54, 1.807) is 0 Å². The lowest BCUT2D eigenvalue weighted by Crippen LogP contribution is -2.03. The lowest BCUT2D eigenvalue weighted by molar-refractivity contribution is 0.498. The molecule has 0 unspecified atom stereocenters. The lowest BCUT2D eigenvalue weighted by atomic mass is 10.2. The highest BCUT2D eigenvalue weighted by atomic mass is 79.9. The average Bonchev–Trinajstić information content (AvgIpc) is 2.35. The second-order valence-electron chi connectivity index (χ2n) is 4.12. The van der Waals surface area contributed by atoms with Crippen LogP contribution in [-0.4, -0.2) is 9.97 Å². The van der Waals surface area contributed by atoms with Crippen molar-refractivity contribution in [2.75, 3.05) is 5.32 Å². The molecule has 0 atom stereocenters. The molecule has 0 amide bonds. The number of nitrogens with one attached hydrogen (secondary N) is 1. The molecular formula is C13H11BrF3N3. The first-order valence-corrected chi connectivity index (χ1v) is 6.74. The Hall–Kier alpha value is -1.63. The van der Waals surface area contributed by atoms with E-state index in [-0.39, 0.29) is 11.5 Å². The fourth-order valence-electron chi connectivity index (χ4n) is 1.65. The van der Waals surface area contributed by atoms with Gasteiger partial charge in [-0.1, -0.05) is 6.92 Å². The highest BCUT2D eigenvalue weighted by molar-refractivity contribution is 9.10. The van der Waals surface area contributed by atoms with E-state index in [1.807, 2.05) is 6.92 Å². The summed E-state index contributed by atoms with van der Waals surface area (Å²) in [6.07, 6.45) is 1.49. The van der Waals surface area contributed by atoms with Gasteiger partial charge in [-0.25, -0.2) is 23.1 Å². The van der Waals surface area contributed by atoms with Gasteiger partial charge in [0.1, 0.15) is 22.1 Å². The van der Waals surface area contributed by atoms with Crippen LogP contribution in [0, 0.1) is 17.5 Å². The van der Waals surface area contributed by atoms with Gasteiger partial charge in [0.25, 0.3) is 0 Å². The van der Waals surface area contributed by atoms with Crippen LogP contribution in [0.25, 0.3) is 0 Å². The molecule has 0 spiro atoms. The van der Waals surface area contributed by atoms with Crippen LogP contribution in [0.15, 0.2) is 22.8 Å². The highest BCUT2D eigenvalue weighted by Crippen LogP contribution is 2.23. The van der Waals surface area contributed by atoms with E-state index >= 15 is 0 Å². The Labute approximate surface area is 122 Å². The summed E-state index contributed by atoms with van der Waals surface area (Å²) in [6.45, 7) is 1.97. The Kier molecular flexibility index (Phi) is 4.59. The summed E-state index contributed by atoms with van der Waals surface area (Å²) in [7, 11) is 0. The molecule has 1 aromatic carbocycles. The largest absolute Gasteiger partial charge is 0.338 e. The summed E-state index contributed by atoms with van der Waals surface area (Å²) >= 11 is 3.21. The van der Waals surface area contributed by atoms with Gasteiger partial charge in [-0.15, -0.1) is 0 Å². The fourth-order valence-corrected chi connectivity index (χ4v) is 2.07. The molecule has 0 aliphatic heterocycles. The summed E-state index contributed by atoms with van der Waals surface area (Å²) in [5.41, 5.74) is -0.310. The fraction of sp³-hybridized carbons (Fsp3) is 0.231. The van der Waals surface area contributed by atoms with Crippen LogP contribution in [0.3, 0.4) is 0 Å². The third-order valence-corrected chi connectivity index (χ3v) is 2.88. The minimum absolute atomic E-state index is 0.263. The van der Waals surface area contributed by atoms with Crippen LogP contribution < -0.4 is 5.32 Å². The van der Waals surface area contributed by atoms with Crippen LogP contribution in [0.5, 0.6) is 0 Å². The smallest absolute Gasteiger partial charge is 0.182 e. The first kappa shape index (κ1) is 14.8. The molecule has 0 saturated heterocycles. The molecule has 0 saturated carbocycles. The summed E-state index contributed by atoms with van der Waals surface area (Å²) in [4.78, 5) is 8.30. The van der Waals surface area contributed by atoms with E-state index < -0.39 is 17.5 Å². The number of rotatable bonds is 4. The van der Waals surface area contributed by atoms with Gasteiger partial charge < -0.3 is 5.32 Å². The molecule has 2 rings (SSSR count). The molecule has 106 valence electrons. The van der Waals surface area contributed by atoms with Crippen molar-refractivity contribution >= 4 is 27.4 Å². The maximum absolute atomic E-state index is 13.6. The van der Waals surface area contributed by atoms with Gasteiger partial charge in [0.15, 0.2) is 11.6 Å². The first-order valence-electron chi connectivity index (χ1n) is 5.94. The van der Waals surface area contributed by atoms with Gasteiger partial charge in [-0.3, -0.25) is 0 Å². The standard InChI is InChI=1S/C13H11BrF3N3/c1-2-3-11-19-10(14)6-12(20-11)18-9-5-7(15)4-8(16)13(9)17/h4-6H,2-3H2,1H3,(H,18,19,20). The lowest BCUT2D eigenvalue weighted by Gasteiger charge is -2.09. The zero-order valence-electron chi connectivity index (χ0n) is 10.6. The summed E-state index contributed by atoms with van der Waals surface area (Å²) in [5.74, 6) is -2.46. The predicted octanol–water partition coefficient (Wildman–Crippen LogP) is 4.35. The average molecular weight is 346 g/mol. The minimum atomic E-state index is -1.26. The SMILES string of the molecule is CCCc1nc(Br)cc(Nc2cc(F)cc(F)c2F)n1. The van der Waals surface area contributed by atoms with Crippen molar-refractivity contribution in [3.63, 3.8) is 0 Å². The zero-order chi connectivity index (χ0) is 14.7. The number of aromatic nitrogens is 2. The Balaban J connectivity index is 2.34. The molecule has 0 aliphatic carbocycles. The normalized spacial score (nSPS) is 10.7. The Morgan fingerprint density at radius 1 is 1.15 bits per heavy atom. The monoisotopic (exact) mass is 345 g/mol. The number of hydrogen-bond acceptors (Lipinski definition) is 3. The van der Waals surface area contributed by atoms with E-state index in [0.717, 1.165) is 12.5 Å². The van der Waals surface area contributed by atoms with Crippen LogP contribution in [0.4, 0.5) is 24.7 Å². The second-order valence-corrected chi connectivity index (χ2v) is 4.93. The molecule has 1 aromatic heterocycles. The van der Waals surface area contributed by atoms with Crippen LogP contribution in [-0.2, 0) is 6.42 Å². The van der Waals surface area contributed by atoms with E-state index in [4.69, 9.17) is 0 Å². The van der Waals surface area contributed by atoms with Crippen LogP contribution in [0.1, 0.15) is 19.2 Å². The molecule has 1 N–H and O–H groups in total. The molecule has 0 aliphatic rings. The number of halogens is 4. The predicted molar refractivity (Wildman–Crippen MR) is 73.3 cm³/mol. The van der Waals surface area contributed by atoms with E-state index in [9.17, 15) is 13.2 Å². The molecule has 1 heterocycles. The van der Waals surface area contributed by atoms with Gasteiger partial charge >= 0.3 is 0 Å². The van der Waals surface area contributed by atoms with Crippen molar-refractivity contribution in [3.05, 3.63) is 46.1 Å². The van der Waals surface area contributed by atoms with Crippen molar-refractivity contribution in [3.8, 4) is 0 Å². The molecule has 7 heteroatoms. The number of anilines is 2. The molecule has 0 radical (unpaired) electrons. The molecular weight excluding hydrogens is 335 g/mol. The Bertz CT molecular complexity index is 634. The van der Waals surface area contributed by atoms with Gasteiger partial charge in [0.2, 0.25) is 0 Å².